The highest BCUT2D eigenvalue weighted by atomic mass is 16.1. The fraction of sp³-hybridized carbons (Fsp3) is 0.950. The number of aldehydes is 1. The molecule has 4 fully saturated rings. The van der Waals surface area contributed by atoms with Gasteiger partial charge in [-0.3, -0.25) is 0 Å². The number of hydrogen-bond acceptors (Lipinski definition) is 1. The maximum atomic E-state index is 11.5. The number of fused-ring (bicyclic) bond motifs is 5. The van der Waals surface area contributed by atoms with Gasteiger partial charge in [0.05, 0.1) is 0 Å². The number of hydrogen-bond donors (Lipinski definition) is 0. The van der Waals surface area contributed by atoms with Crippen LogP contribution < -0.4 is 0 Å². The van der Waals surface area contributed by atoms with Crippen LogP contribution in [0.5, 0.6) is 0 Å². The summed E-state index contributed by atoms with van der Waals surface area (Å²) < 4.78 is 0. The molecule has 0 radical (unpaired) electrons. The zero-order valence-electron chi connectivity index (χ0n) is 13.9. The van der Waals surface area contributed by atoms with E-state index in [1.807, 2.05) is 0 Å². The molecule has 2 unspecified atom stereocenters. The predicted octanol–water partition coefficient (Wildman–Crippen LogP) is 5.23. The summed E-state index contributed by atoms with van der Waals surface area (Å²) in [5.41, 5.74) is 0.989. The van der Waals surface area contributed by atoms with E-state index in [0.717, 1.165) is 23.7 Å². The van der Waals surface area contributed by atoms with E-state index in [1.54, 1.807) is 0 Å². The molecule has 4 aliphatic carbocycles. The van der Waals surface area contributed by atoms with Gasteiger partial charge in [0.25, 0.3) is 0 Å². The molecule has 118 valence electrons. The van der Waals surface area contributed by atoms with Crippen LogP contribution in [0.25, 0.3) is 0 Å². The third-order valence-electron chi connectivity index (χ3n) is 8.82. The molecule has 0 amide bonds. The lowest BCUT2D eigenvalue weighted by Gasteiger charge is -2.60. The Labute approximate surface area is 130 Å². The van der Waals surface area contributed by atoms with Gasteiger partial charge in [0, 0.05) is 5.92 Å². The fourth-order valence-corrected chi connectivity index (χ4v) is 7.56. The minimum Gasteiger partial charge on any atom is -0.303 e. The standard InChI is InChI=1S/C20H32O/c1-19-11-4-3-5-14(19)6-8-16-17-9-7-15(13-21)20(17,2)12-10-18(16)19/h13-18H,3-12H2,1-2H3/t14?,15?,16-,17-,18+,19-,20+/m0/s1. The Hall–Kier alpha value is -0.330. The number of carbonyl (C=O) groups is 1. The summed E-state index contributed by atoms with van der Waals surface area (Å²) in [6.07, 6.45) is 15.4. The fourth-order valence-electron chi connectivity index (χ4n) is 7.56. The van der Waals surface area contributed by atoms with E-state index in [4.69, 9.17) is 0 Å². The molecule has 1 nitrogen and oxygen atoms in total. The predicted molar refractivity (Wildman–Crippen MR) is 85.9 cm³/mol. The molecule has 0 aliphatic heterocycles. The van der Waals surface area contributed by atoms with Crippen LogP contribution in [0.2, 0.25) is 0 Å². The lowest BCUT2D eigenvalue weighted by atomic mass is 9.45. The Balaban J connectivity index is 1.64. The summed E-state index contributed by atoms with van der Waals surface area (Å²) in [5, 5.41) is 0. The zero-order valence-corrected chi connectivity index (χ0v) is 13.9. The molecule has 1 heteroatoms. The van der Waals surface area contributed by atoms with E-state index >= 15 is 0 Å². The van der Waals surface area contributed by atoms with Crippen LogP contribution in [0.3, 0.4) is 0 Å². The van der Waals surface area contributed by atoms with Gasteiger partial charge >= 0.3 is 0 Å². The molecule has 0 spiro atoms. The van der Waals surface area contributed by atoms with Crippen LogP contribution in [0.1, 0.15) is 78.1 Å². The molecule has 4 saturated carbocycles. The topological polar surface area (TPSA) is 17.1 Å². The monoisotopic (exact) mass is 288 g/mol. The molecule has 0 bridgehead atoms. The van der Waals surface area contributed by atoms with Gasteiger partial charge in [-0.1, -0.05) is 26.7 Å². The van der Waals surface area contributed by atoms with Crippen LogP contribution in [-0.4, -0.2) is 6.29 Å². The first-order valence-corrected chi connectivity index (χ1v) is 9.55. The highest BCUT2D eigenvalue weighted by molar-refractivity contribution is 5.56. The van der Waals surface area contributed by atoms with Crippen LogP contribution >= 0.6 is 0 Å². The molecule has 4 rings (SSSR count). The van der Waals surface area contributed by atoms with Crippen LogP contribution in [0.15, 0.2) is 0 Å². The molecule has 4 aliphatic rings. The van der Waals surface area contributed by atoms with Crippen molar-refractivity contribution in [3.63, 3.8) is 0 Å². The van der Waals surface area contributed by atoms with E-state index in [-0.39, 0.29) is 0 Å². The van der Waals surface area contributed by atoms with Crippen LogP contribution in [0.4, 0.5) is 0 Å². The first-order valence-electron chi connectivity index (χ1n) is 9.55. The Morgan fingerprint density at radius 3 is 2.43 bits per heavy atom. The van der Waals surface area contributed by atoms with Crippen molar-refractivity contribution in [2.24, 2.45) is 40.4 Å². The Morgan fingerprint density at radius 1 is 0.810 bits per heavy atom. The second-order valence-electron chi connectivity index (χ2n) is 9.27. The highest BCUT2D eigenvalue weighted by Crippen LogP contribution is 2.67. The van der Waals surface area contributed by atoms with Crippen molar-refractivity contribution >= 4 is 6.29 Å². The smallest absolute Gasteiger partial charge is 0.123 e. The summed E-state index contributed by atoms with van der Waals surface area (Å²) in [6.45, 7) is 5.09. The summed E-state index contributed by atoms with van der Waals surface area (Å²) in [5.74, 6) is 4.14. The third-order valence-corrected chi connectivity index (χ3v) is 8.82. The second-order valence-corrected chi connectivity index (χ2v) is 9.27. The molecule has 0 aromatic carbocycles. The largest absolute Gasteiger partial charge is 0.303 e. The summed E-state index contributed by atoms with van der Waals surface area (Å²) in [7, 11) is 0. The molecule has 7 atom stereocenters. The van der Waals surface area contributed by atoms with Crippen LogP contribution in [0, 0.1) is 40.4 Å². The average molecular weight is 288 g/mol. The number of carbonyl (C=O) groups excluding carboxylic acids is 1. The van der Waals surface area contributed by atoms with Gasteiger partial charge in [0.15, 0.2) is 0 Å². The molecule has 0 aromatic rings. The quantitative estimate of drug-likeness (QED) is 0.603. The van der Waals surface area contributed by atoms with Gasteiger partial charge < -0.3 is 4.79 Å². The Bertz CT molecular complexity index is 430. The third kappa shape index (κ3) is 1.85. The molecular formula is C20H32O. The minimum absolute atomic E-state index is 0.348. The molecule has 0 N–H and O–H groups in total. The molecule has 0 heterocycles. The molecular weight excluding hydrogens is 256 g/mol. The number of rotatable bonds is 1. The van der Waals surface area contributed by atoms with E-state index < -0.39 is 0 Å². The van der Waals surface area contributed by atoms with Crippen molar-refractivity contribution in [1.82, 2.24) is 0 Å². The summed E-state index contributed by atoms with van der Waals surface area (Å²) >= 11 is 0. The van der Waals surface area contributed by atoms with Crippen molar-refractivity contribution < 1.29 is 4.79 Å². The SMILES string of the molecule is C[C@]12CCCCC1CC[C@@H]1[C@H]2CC[C@]2(C)C(C=O)CC[C@@H]12. The average Bonchev–Trinajstić information content (AvgIpc) is 2.83. The summed E-state index contributed by atoms with van der Waals surface area (Å²) in [4.78, 5) is 11.5. The van der Waals surface area contributed by atoms with E-state index in [9.17, 15) is 4.79 Å². The zero-order chi connectivity index (χ0) is 14.7. The van der Waals surface area contributed by atoms with Gasteiger partial charge in [-0.15, -0.1) is 0 Å². The molecule has 0 saturated heterocycles. The lowest BCUT2D eigenvalue weighted by Crippen LogP contribution is -2.52. The Morgan fingerprint density at radius 2 is 1.62 bits per heavy atom. The molecule has 21 heavy (non-hydrogen) atoms. The van der Waals surface area contributed by atoms with Gasteiger partial charge in [-0.25, -0.2) is 0 Å². The van der Waals surface area contributed by atoms with Gasteiger partial charge in [0.2, 0.25) is 0 Å². The maximum Gasteiger partial charge on any atom is 0.123 e. The molecule has 0 aromatic heterocycles. The maximum absolute atomic E-state index is 11.5. The second kappa shape index (κ2) is 4.83. The van der Waals surface area contributed by atoms with Gasteiger partial charge in [-0.2, -0.15) is 0 Å². The first-order chi connectivity index (χ1) is 10.1. The van der Waals surface area contributed by atoms with Crippen molar-refractivity contribution in [3.05, 3.63) is 0 Å². The normalized spacial score (nSPS) is 56.2. The van der Waals surface area contributed by atoms with E-state index in [2.05, 4.69) is 13.8 Å². The highest BCUT2D eigenvalue weighted by Gasteiger charge is 2.59. The van der Waals surface area contributed by atoms with E-state index in [1.165, 1.54) is 70.5 Å². The van der Waals surface area contributed by atoms with Gasteiger partial charge in [-0.05, 0) is 85.9 Å². The van der Waals surface area contributed by atoms with Crippen molar-refractivity contribution in [1.29, 1.82) is 0 Å². The van der Waals surface area contributed by atoms with Crippen molar-refractivity contribution in [2.45, 2.75) is 78.1 Å². The van der Waals surface area contributed by atoms with Gasteiger partial charge in [0.1, 0.15) is 6.29 Å². The Kier molecular flexibility index (Phi) is 3.28. The first kappa shape index (κ1) is 14.3. The minimum atomic E-state index is 0.348. The summed E-state index contributed by atoms with van der Waals surface area (Å²) in [6, 6.07) is 0. The van der Waals surface area contributed by atoms with Crippen molar-refractivity contribution in [2.75, 3.05) is 0 Å². The van der Waals surface area contributed by atoms with Crippen LogP contribution in [-0.2, 0) is 4.79 Å². The lowest BCUT2D eigenvalue weighted by molar-refractivity contribution is -0.125. The van der Waals surface area contributed by atoms with E-state index in [0.29, 0.717) is 16.7 Å². The van der Waals surface area contributed by atoms with Crippen molar-refractivity contribution in [3.8, 4) is 0 Å².